The first kappa shape index (κ1) is 23.5. The van der Waals surface area contributed by atoms with Gasteiger partial charge in [-0.1, -0.05) is 18.2 Å². The molecule has 0 fully saturated rings. The molecule has 0 aromatic heterocycles. The Hall–Kier alpha value is -3.58. The maximum Gasteiger partial charge on any atom is 0.439 e. The molecular weight excluding hydrogens is 394 g/mol. The van der Waals surface area contributed by atoms with Crippen LogP contribution >= 0.6 is 0 Å². The molecule has 0 aliphatic carbocycles. The molecule has 1 aromatic carbocycles. The van der Waals surface area contributed by atoms with Crippen molar-refractivity contribution in [1.29, 1.82) is 0 Å². The molecule has 13 nitrogen and oxygen atoms in total. The quantitative estimate of drug-likeness (QED) is 0.121. The first-order chi connectivity index (χ1) is 14.0. The van der Waals surface area contributed by atoms with Gasteiger partial charge >= 0.3 is 24.2 Å². The molecule has 0 saturated carbocycles. The molecule has 0 spiro atoms. The lowest BCUT2D eigenvalue weighted by Crippen LogP contribution is -2.43. The first-order valence-corrected chi connectivity index (χ1v) is 8.34. The van der Waals surface area contributed by atoms with Crippen LogP contribution in [0.1, 0.15) is 12.8 Å². The third kappa shape index (κ3) is 10.4. The van der Waals surface area contributed by atoms with Gasteiger partial charge in [0, 0.05) is 6.54 Å². The maximum absolute atomic E-state index is 12.0. The Balaban J connectivity index is 2.37. The smallest absolute Gasteiger partial charge is 0.439 e. The van der Waals surface area contributed by atoms with Gasteiger partial charge < -0.3 is 25.4 Å². The van der Waals surface area contributed by atoms with Gasteiger partial charge in [0.25, 0.3) is 0 Å². The highest BCUT2D eigenvalue weighted by atomic mass is 17.1. The molecule has 0 saturated heterocycles. The minimum atomic E-state index is -1.27. The summed E-state index contributed by atoms with van der Waals surface area (Å²) in [5.41, 5.74) is 0. The highest BCUT2D eigenvalue weighted by Gasteiger charge is 2.23. The fourth-order valence-electron chi connectivity index (χ4n) is 1.98. The Morgan fingerprint density at radius 3 is 2.21 bits per heavy atom. The number of carbonyl (C=O) groups excluding carboxylic acids is 4. The summed E-state index contributed by atoms with van der Waals surface area (Å²) < 4.78 is 9.86. The first-order valence-electron chi connectivity index (χ1n) is 8.34. The second-order valence-corrected chi connectivity index (χ2v) is 5.32. The highest BCUT2D eigenvalue weighted by Crippen LogP contribution is 2.08. The second-order valence-electron chi connectivity index (χ2n) is 5.32. The average Bonchev–Trinajstić information content (AvgIpc) is 2.73. The molecule has 1 unspecified atom stereocenters. The van der Waals surface area contributed by atoms with Crippen molar-refractivity contribution < 1.29 is 48.9 Å². The number of nitrogens with one attached hydrogen (secondary N) is 3. The van der Waals surface area contributed by atoms with Gasteiger partial charge in [0.2, 0.25) is 0 Å². The fraction of sp³-hybridized carbons (Fsp3) is 0.375. The number of hydrogen-bond acceptors (Lipinski definition) is 10. The Labute approximate surface area is 164 Å². The van der Waals surface area contributed by atoms with Gasteiger partial charge in [0.05, 0.1) is 6.54 Å². The van der Waals surface area contributed by atoms with Crippen molar-refractivity contribution in [2.75, 3.05) is 19.7 Å². The zero-order chi connectivity index (χ0) is 21.5. The normalized spacial score (nSPS) is 10.8. The Morgan fingerprint density at radius 1 is 0.897 bits per heavy atom. The number of hydrogen-bond donors (Lipinski definition) is 5. The summed E-state index contributed by atoms with van der Waals surface area (Å²) >= 11 is 0. The molecular formula is C16H21N3O10. The molecule has 1 rings (SSSR count). The third-order valence-corrected chi connectivity index (χ3v) is 3.25. The summed E-state index contributed by atoms with van der Waals surface area (Å²) in [7, 11) is 0. The zero-order valence-electron chi connectivity index (χ0n) is 15.2. The highest BCUT2D eigenvalue weighted by molar-refractivity contribution is 5.81. The molecule has 160 valence electrons. The van der Waals surface area contributed by atoms with Crippen molar-refractivity contribution in [2.24, 2.45) is 0 Å². The van der Waals surface area contributed by atoms with Crippen LogP contribution in [-0.2, 0) is 19.3 Å². The maximum atomic E-state index is 12.0. The molecule has 0 aliphatic heterocycles. The fourth-order valence-corrected chi connectivity index (χ4v) is 1.98. The standard InChI is InChI=1S/C16H21N3O10/c20-13(26-10-9-18-15(22)28-24)12(19-16(23)29-25)7-4-8-17-14(21)27-11-5-2-1-3-6-11/h1-3,5-6,12,24-25H,4,7-10H2,(H,17,21)(H,18,22)(H,19,23). The second kappa shape index (κ2) is 13.6. The van der Waals surface area contributed by atoms with Gasteiger partial charge in [-0.15, -0.1) is 0 Å². The number of esters is 1. The van der Waals surface area contributed by atoms with Crippen molar-refractivity contribution in [3.63, 3.8) is 0 Å². The molecule has 13 heteroatoms. The van der Waals surface area contributed by atoms with Gasteiger partial charge in [-0.05, 0) is 25.0 Å². The molecule has 29 heavy (non-hydrogen) atoms. The average molecular weight is 415 g/mol. The molecule has 3 amide bonds. The van der Waals surface area contributed by atoms with E-state index in [2.05, 4.69) is 25.7 Å². The Morgan fingerprint density at radius 2 is 1.55 bits per heavy atom. The minimum Gasteiger partial charge on any atom is -0.462 e. The van der Waals surface area contributed by atoms with Gasteiger partial charge in [0.15, 0.2) is 0 Å². The van der Waals surface area contributed by atoms with Crippen LogP contribution in [0.2, 0.25) is 0 Å². The summed E-state index contributed by atoms with van der Waals surface area (Å²) in [6, 6.07) is 7.19. The van der Waals surface area contributed by atoms with E-state index in [0.717, 1.165) is 0 Å². The van der Waals surface area contributed by atoms with Crippen LogP contribution in [0.25, 0.3) is 0 Å². The van der Waals surface area contributed by atoms with Gasteiger partial charge in [-0.2, -0.15) is 10.5 Å². The lowest BCUT2D eigenvalue weighted by molar-refractivity contribution is -0.179. The van der Waals surface area contributed by atoms with E-state index in [1.807, 2.05) is 0 Å². The number of rotatable bonds is 10. The van der Waals surface area contributed by atoms with Crippen LogP contribution < -0.4 is 20.7 Å². The van der Waals surface area contributed by atoms with Crippen LogP contribution in [0.5, 0.6) is 5.75 Å². The van der Waals surface area contributed by atoms with Crippen molar-refractivity contribution >= 4 is 24.2 Å². The van der Waals surface area contributed by atoms with Crippen LogP contribution in [-0.4, -0.2) is 60.5 Å². The number of benzene rings is 1. The molecule has 0 radical (unpaired) electrons. The number of para-hydroxylation sites is 1. The minimum absolute atomic E-state index is 0.0334. The SMILES string of the molecule is O=C(NCCOC(=O)C(CCCNC(=O)Oc1ccccc1)NC(=O)OO)OO. The number of carbonyl (C=O) groups is 4. The Bertz CT molecular complexity index is 670. The summed E-state index contributed by atoms with van der Waals surface area (Å²) in [4.78, 5) is 52.3. The summed E-state index contributed by atoms with van der Waals surface area (Å²) in [6.07, 6.45) is -2.82. The number of ether oxygens (including phenoxy) is 2. The molecule has 5 N–H and O–H groups in total. The molecule has 0 aliphatic rings. The third-order valence-electron chi connectivity index (χ3n) is 3.25. The summed E-state index contributed by atoms with van der Waals surface area (Å²) in [5, 5.41) is 23.0. The van der Waals surface area contributed by atoms with E-state index >= 15 is 0 Å². The number of amides is 3. The predicted octanol–water partition coefficient (Wildman–Crippen LogP) is 0.865. The van der Waals surface area contributed by atoms with E-state index in [-0.39, 0.29) is 32.5 Å². The van der Waals surface area contributed by atoms with E-state index < -0.39 is 30.3 Å². The molecule has 1 atom stereocenters. The summed E-state index contributed by atoms with van der Waals surface area (Å²) in [5.74, 6) is -0.515. The topological polar surface area (TPSA) is 182 Å². The Kier molecular flexibility index (Phi) is 11.0. The van der Waals surface area contributed by atoms with Gasteiger partial charge in [-0.3, -0.25) is 9.78 Å². The van der Waals surface area contributed by atoms with Gasteiger partial charge in [-0.25, -0.2) is 19.2 Å². The van der Waals surface area contributed by atoms with Gasteiger partial charge in [0.1, 0.15) is 18.4 Å². The van der Waals surface area contributed by atoms with Crippen LogP contribution in [0.3, 0.4) is 0 Å². The lowest BCUT2D eigenvalue weighted by atomic mass is 10.1. The molecule has 0 heterocycles. The van der Waals surface area contributed by atoms with Crippen molar-refractivity contribution in [3.8, 4) is 5.75 Å². The van der Waals surface area contributed by atoms with E-state index in [1.54, 1.807) is 30.3 Å². The molecule has 0 bridgehead atoms. The van der Waals surface area contributed by atoms with Crippen LogP contribution in [0.4, 0.5) is 14.4 Å². The van der Waals surface area contributed by atoms with E-state index in [0.29, 0.717) is 5.75 Å². The monoisotopic (exact) mass is 415 g/mol. The van der Waals surface area contributed by atoms with E-state index in [4.69, 9.17) is 20.0 Å². The van der Waals surface area contributed by atoms with Crippen molar-refractivity contribution in [2.45, 2.75) is 18.9 Å². The summed E-state index contributed by atoms with van der Waals surface area (Å²) in [6.45, 7) is -0.313. The molecule has 1 aromatic rings. The van der Waals surface area contributed by atoms with E-state index in [9.17, 15) is 19.2 Å². The zero-order valence-corrected chi connectivity index (χ0v) is 15.2. The lowest BCUT2D eigenvalue weighted by Gasteiger charge is -2.16. The largest absolute Gasteiger partial charge is 0.462 e. The van der Waals surface area contributed by atoms with Crippen LogP contribution in [0, 0.1) is 0 Å². The van der Waals surface area contributed by atoms with E-state index in [1.165, 1.54) is 0 Å². The van der Waals surface area contributed by atoms with Crippen molar-refractivity contribution in [3.05, 3.63) is 30.3 Å². The van der Waals surface area contributed by atoms with Crippen LogP contribution in [0.15, 0.2) is 30.3 Å². The van der Waals surface area contributed by atoms with Crippen molar-refractivity contribution in [1.82, 2.24) is 16.0 Å². The predicted molar refractivity (Wildman–Crippen MR) is 93.8 cm³/mol.